The molecule has 0 fully saturated rings. The van der Waals surface area contributed by atoms with Crippen LogP contribution < -0.4 is 0 Å². The lowest BCUT2D eigenvalue weighted by molar-refractivity contribution is 0.475. The molecule has 48 heavy (non-hydrogen) atoms. The van der Waals surface area contributed by atoms with Crippen molar-refractivity contribution in [1.82, 2.24) is 0 Å². The standard InChI is InChI=1S/C16H20.C11H10O.C7H8O.4C2H6.4CH4/c1-11(2)13-5-7-16-10-14(12(3)4)6-8-15(16)9-13;1-8-6-7-9-4-2-3-5-10(9)11(8)12;1-6-3-2-4-7(8)5-6;4*1-2;;;;/h5-12H,1-4H3;2-7,12H,1H3;2-5,8H,1H3;4*1-2H3;4*1H4. The van der Waals surface area contributed by atoms with Crippen LogP contribution in [0.3, 0.4) is 0 Å². The maximum Gasteiger partial charge on any atom is 0.126 e. The van der Waals surface area contributed by atoms with Crippen molar-refractivity contribution in [1.29, 1.82) is 0 Å². The molecule has 0 unspecified atom stereocenters. The number of phenolic OH excluding ortho intramolecular Hbond substituents is 2. The van der Waals surface area contributed by atoms with Crippen molar-refractivity contribution in [3.63, 3.8) is 0 Å². The van der Waals surface area contributed by atoms with E-state index in [1.165, 1.54) is 21.9 Å². The van der Waals surface area contributed by atoms with E-state index in [0.29, 0.717) is 23.3 Å². The molecule has 274 valence electrons. The van der Waals surface area contributed by atoms with Crippen LogP contribution in [0.2, 0.25) is 0 Å². The normalized spacial score (nSPS) is 8.50. The predicted molar refractivity (Wildman–Crippen MR) is 228 cm³/mol. The maximum absolute atomic E-state index is 9.66. The first-order valence-corrected chi connectivity index (χ1v) is 16.6. The van der Waals surface area contributed by atoms with Gasteiger partial charge in [0.1, 0.15) is 11.5 Å². The van der Waals surface area contributed by atoms with Gasteiger partial charge in [0, 0.05) is 5.39 Å². The van der Waals surface area contributed by atoms with Crippen LogP contribution in [0.15, 0.2) is 97.1 Å². The highest BCUT2D eigenvalue weighted by atomic mass is 16.3. The SMILES string of the molecule is C.C.C.C.CC.CC.CC.CC.CC(C)c1ccc2cc(C(C)C)ccc2c1.Cc1ccc2ccccc2c1O.Cc1cccc(O)c1. The van der Waals surface area contributed by atoms with Gasteiger partial charge in [-0.2, -0.15) is 0 Å². The van der Waals surface area contributed by atoms with Crippen molar-refractivity contribution in [2.75, 3.05) is 0 Å². The third kappa shape index (κ3) is 19.8. The largest absolute Gasteiger partial charge is 0.508 e. The zero-order valence-electron chi connectivity index (χ0n) is 30.3. The van der Waals surface area contributed by atoms with Gasteiger partial charge in [0.2, 0.25) is 0 Å². The summed E-state index contributed by atoms with van der Waals surface area (Å²) in [7, 11) is 0. The number of hydrogen-bond acceptors (Lipinski definition) is 2. The fraction of sp³-hybridized carbons (Fsp3) is 0.435. The predicted octanol–water partition coefficient (Wildman–Crippen LogP) is 16.3. The number of aryl methyl sites for hydroxylation is 2. The van der Waals surface area contributed by atoms with Gasteiger partial charge in [-0.1, -0.05) is 198 Å². The second-order valence-electron chi connectivity index (χ2n) is 9.97. The molecule has 2 nitrogen and oxygen atoms in total. The Morgan fingerprint density at radius 1 is 0.438 bits per heavy atom. The van der Waals surface area contributed by atoms with Crippen LogP contribution in [-0.4, -0.2) is 10.2 Å². The van der Waals surface area contributed by atoms with E-state index in [2.05, 4.69) is 64.1 Å². The van der Waals surface area contributed by atoms with Gasteiger partial charge in [0.25, 0.3) is 0 Å². The minimum Gasteiger partial charge on any atom is -0.508 e. The van der Waals surface area contributed by atoms with Crippen LogP contribution >= 0.6 is 0 Å². The summed E-state index contributed by atoms with van der Waals surface area (Å²) in [5.41, 5.74) is 4.85. The maximum atomic E-state index is 9.66. The molecule has 0 saturated carbocycles. The average Bonchev–Trinajstić information content (AvgIpc) is 3.06. The number of phenols is 2. The van der Waals surface area contributed by atoms with E-state index >= 15 is 0 Å². The molecule has 0 saturated heterocycles. The lowest BCUT2D eigenvalue weighted by Crippen LogP contribution is -1.89. The van der Waals surface area contributed by atoms with Gasteiger partial charge >= 0.3 is 0 Å². The molecule has 0 spiro atoms. The molecule has 0 bridgehead atoms. The van der Waals surface area contributed by atoms with E-state index < -0.39 is 0 Å². The summed E-state index contributed by atoms with van der Waals surface area (Å²) in [6.45, 7) is 28.8. The van der Waals surface area contributed by atoms with Gasteiger partial charge in [-0.05, 0) is 76.2 Å². The average molecular weight is 663 g/mol. The second-order valence-corrected chi connectivity index (χ2v) is 9.97. The summed E-state index contributed by atoms with van der Waals surface area (Å²) in [5.74, 6) is 1.95. The van der Waals surface area contributed by atoms with E-state index in [-0.39, 0.29) is 29.7 Å². The third-order valence-electron chi connectivity index (χ3n) is 6.33. The minimum atomic E-state index is 0. The van der Waals surface area contributed by atoms with Crippen molar-refractivity contribution in [3.05, 3.63) is 119 Å². The van der Waals surface area contributed by atoms with Gasteiger partial charge in [-0.25, -0.2) is 0 Å². The molecule has 5 aromatic carbocycles. The molecule has 0 heterocycles. The van der Waals surface area contributed by atoms with Gasteiger partial charge in [0.15, 0.2) is 0 Å². The van der Waals surface area contributed by atoms with E-state index in [4.69, 9.17) is 5.11 Å². The quantitative estimate of drug-likeness (QED) is 0.197. The summed E-state index contributed by atoms with van der Waals surface area (Å²) >= 11 is 0. The summed E-state index contributed by atoms with van der Waals surface area (Å²) in [6.07, 6.45) is 0. The zero-order chi connectivity index (χ0) is 34.2. The van der Waals surface area contributed by atoms with Gasteiger partial charge in [0.05, 0.1) is 0 Å². The van der Waals surface area contributed by atoms with Gasteiger partial charge < -0.3 is 10.2 Å². The fourth-order valence-corrected chi connectivity index (χ4v) is 3.99. The summed E-state index contributed by atoms with van der Waals surface area (Å²) in [6, 6.07) is 32.5. The van der Waals surface area contributed by atoms with Gasteiger partial charge in [-0.15, -0.1) is 0 Å². The number of aromatic hydroxyl groups is 2. The van der Waals surface area contributed by atoms with Crippen LogP contribution in [0, 0.1) is 13.8 Å². The van der Waals surface area contributed by atoms with Crippen molar-refractivity contribution >= 4 is 21.5 Å². The Kier molecular flexibility index (Phi) is 39.0. The number of benzene rings is 5. The molecular weight excluding hydrogens is 585 g/mol. The molecule has 5 aromatic rings. The number of fused-ring (bicyclic) bond motifs is 2. The Labute approximate surface area is 300 Å². The molecule has 0 radical (unpaired) electrons. The van der Waals surface area contributed by atoms with E-state index in [1.54, 1.807) is 12.1 Å². The van der Waals surface area contributed by atoms with E-state index in [9.17, 15) is 5.11 Å². The molecule has 5 rings (SSSR count). The Morgan fingerprint density at radius 3 is 1.23 bits per heavy atom. The monoisotopic (exact) mass is 663 g/mol. The molecule has 0 amide bonds. The van der Waals surface area contributed by atoms with Crippen molar-refractivity contribution in [3.8, 4) is 11.5 Å². The second kappa shape index (κ2) is 33.1. The van der Waals surface area contributed by atoms with Crippen LogP contribution in [0.4, 0.5) is 0 Å². The highest BCUT2D eigenvalue weighted by molar-refractivity contribution is 5.89. The molecule has 0 aliphatic heterocycles. The molecule has 0 aromatic heterocycles. The van der Waals surface area contributed by atoms with Crippen molar-refractivity contribution in [2.45, 2.75) is 138 Å². The molecule has 0 aliphatic rings. The summed E-state index contributed by atoms with van der Waals surface area (Å²) < 4.78 is 0. The van der Waals surface area contributed by atoms with Crippen LogP contribution in [-0.2, 0) is 0 Å². The smallest absolute Gasteiger partial charge is 0.126 e. The summed E-state index contributed by atoms with van der Waals surface area (Å²) in [5, 5.41) is 23.2. The first-order valence-electron chi connectivity index (χ1n) is 16.6. The van der Waals surface area contributed by atoms with Gasteiger partial charge in [-0.3, -0.25) is 0 Å². The Balaban J connectivity index is -0.000000124. The molecule has 0 aliphatic carbocycles. The minimum absolute atomic E-state index is 0. The zero-order valence-corrected chi connectivity index (χ0v) is 30.3. The van der Waals surface area contributed by atoms with E-state index in [0.717, 1.165) is 21.9 Å². The topological polar surface area (TPSA) is 40.5 Å². The Hall–Kier alpha value is -3.78. The Bertz CT molecular complexity index is 1370. The lowest BCUT2D eigenvalue weighted by Gasteiger charge is -2.10. The highest BCUT2D eigenvalue weighted by Gasteiger charge is 2.03. The molecular formula is C46H78O2. The number of hydrogen-bond donors (Lipinski definition) is 2. The fourth-order valence-electron chi connectivity index (χ4n) is 3.99. The molecule has 2 N–H and O–H groups in total. The third-order valence-corrected chi connectivity index (χ3v) is 6.33. The van der Waals surface area contributed by atoms with Crippen LogP contribution in [0.25, 0.3) is 21.5 Å². The molecule has 2 heteroatoms. The summed E-state index contributed by atoms with van der Waals surface area (Å²) in [4.78, 5) is 0. The first-order chi connectivity index (χ1) is 21.2. The lowest BCUT2D eigenvalue weighted by atomic mass is 9.96. The first kappa shape index (κ1) is 56.5. The van der Waals surface area contributed by atoms with Crippen LogP contribution in [0.1, 0.15) is 147 Å². The molecule has 0 atom stereocenters. The van der Waals surface area contributed by atoms with Crippen LogP contribution in [0.5, 0.6) is 11.5 Å². The highest BCUT2D eigenvalue weighted by Crippen LogP contribution is 2.27. The van der Waals surface area contributed by atoms with Crippen molar-refractivity contribution < 1.29 is 10.2 Å². The van der Waals surface area contributed by atoms with Crippen molar-refractivity contribution in [2.24, 2.45) is 0 Å². The van der Waals surface area contributed by atoms with E-state index in [1.807, 2.05) is 118 Å². The number of rotatable bonds is 2. The Morgan fingerprint density at radius 2 is 0.854 bits per heavy atom.